The van der Waals surface area contributed by atoms with Crippen LogP contribution in [0.3, 0.4) is 0 Å². The normalized spacial score (nSPS) is 19.0. The third-order valence-electron chi connectivity index (χ3n) is 4.23. The van der Waals surface area contributed by atoms with Crippen LogP contribution < -0.4 is 20.1 Å². The monoisotopic (exact) mass is 334 g/mol. The Kier molecular flexibility index (Phi) is 7.18. The number of nitrogens with zero attached hydrogens (tertiary/aromatic N) is 2. The molecule has 1 aromatic rings. The summed E-state index contributed by atoms with van der Waals surface area (Å²) in [6.07, 6.45) is 2.54. The predicted octanol–water partition coefficient (Wildman–Crippen LogP) is 2.42. The molecule has 1 saturated heterocycles. The van der Waals surface area contributed by atoms with Gasteiger partial charge < -0.3 is 25.0 Å². The first-order valence-electron chi connectivity index (χ1n) is 8.63. The molecular formula is C18H30N4O2. The topological polar surface area (TPSA) is 58.1 Å². The third-order valence-corrected chi connectivity index (χ3v) is 4.23. The molecule has 2 N–H and O–H groups in total. The van der Waals surface area contributed by atoms with Gasteiger partial charge in [0.1, 0.15) is 0 Å². The van der Waals surface area contributed by atoms with Gasteiger partial charge in [-0.05, 0) is 51.4 Å². The van der Waals surface area contributed by atoms with Crippen LogP contribution in [0, 0.1) is 5.92 Å². The van der Waals surface area contributed by atoms with Crippen molar-refractivity contribution in [3.05, 3.63) is 18.2 Å². The van der Waals surface area contributed by atoms with Crippen molar-refractivity contribution in [3.8, 4) is 11.5 Å². The highest BCUT2D eigenvalue weighted by molar-refractivity contribution is 5.93. The molecule has 1 unspecified atom stereocenters. The maximum absolute atomic E-state index is 5.55. The second-order valence-corrected chi connectivity index (χ2v) is 6.15. The van der Waals surface area contributed by atoms with E-state index >= 15 is 0 Å². The number of methoxy groups -OCH3 is 1. The molecule has 0 bridgehead atoms. The Bertz CT molecular complexity index is 548. The van der Waals surface area contributed by atoms with E-state index in [1.807, 2.05) is 25.1 Å². The van der Waals surface area contributed by atoms with E-state index in [1.54, 1.807) is 14.2 Å². The maximum atomic E-state index is 5.55. The Morgan fingerprint density at radius 2 is 2.21 bits per heavy atom. The molecular weight excluding hydrogens is 304 g/mol. The largest absolute Gasteiger partial charge is 0.493 e. The number of benzene rings is 1. The summed E-state index contributed by atoms with van der Waals surface area (Å²) in [4.78, 5) is 6.70. The molecule has 134 valence electrons. The van der Waals surface area contributed by atoms with Crippen molar-refractivity contribution in [1.29, 1.82) is 0 Å². The molecule has 24 heavy (non-hydrogen) atoms. The zero-order valence-electron chi connectivity index (χ0n) is 15.3. The number of nitrogens with one attached hydrogen (secondary N) is 2. The fourth-order valence-corrected chi connectivity index (χ4v) is 3.02. The molecule has 6 nitrogen and oxygen atoms in total. The van der Waals surface area contributed by atoms with Gasteiger partial charge in [0.15, 0.2) is 17.5 Å². The van der Waals surface area contributed by atoms with Crippen LogP contribution >= 0.6 is 0 Å². The van der Waals surface area contributed by atoms with E-state index in [-0.39, 0.29) is 0 Å². The maximum Gasteiger partial charge on any atom is 0.195 e. The van der Waals surface area contributed by atoms with E-state index < -0.39 is 0 Å². The highest BCUT2D eigenvalue weighted by atomic mass is 16.5. The highest BCUT2D eigenvalue weighted by Crippen LogP contribution is 2.30. The van der Waals surface area contributed by atoms with Gasteiger partial charge in [0.2, 0.25) is 0 Å². The van der Waals surface area contributed by atoms with Crippen molar-refractivity contribution in [1.82, 2.24) is 10.2 Å². The third kappa shape index (κ3) is 5.30. The molecule has 1 fully saturated rings. The lowest BCUT2D eigenvalue weighted by Crippen LogP contribution is -2.41. The Morgan fingerprint density at radius 3 is 2.88 bits per heavy atom. The summed E-state index contributed by atoms with van der Waals surface area (Å²) in [6.45, 7) is 5.84. The molecule has 1 aliphatic rings. The first-order valence-corrected chi connectivity index (χ1v) is 8.63. The number of hydrogen-bond donors (Lipinski definition) is 2. The molecule has 0 spiro atoms. The van der Waals surface area contributed by atoms with Crippen molar-refractivity contribution < 1.29 is 9.47 Å². The smallest absolute Gasteiger partial charge is 0.195 e. The number of hydrogen-bond acceptors (Lipinski definition) is 4. The highest BCUT2D eigenvalue weighted by Gasteiger charge is 2.17. The SMILES string of the molecule is CCOc1ccc(NC(=NC)NCC2CCCN(C)C2)cc1OC. The van der Waals surface area contributed by atoms with Crippen molar-refractivity contribution in [2.24, 2.45) is 10.9 Å². The molecule has 0 aromatic heterocycles. The Hall–Kier alpha value is -1.95. The van der Waals surface area contributed by atoms with Crippen molar-refractivity contribution in [2.45, 2.75) is 19.8 Å². The number of rotatable bonds is 6. The van der Waals surface area contributed by atoms with E-state index in [1.165, 1.54) is 19.4 Å². The van der Waals surface area contributed by atoms with Gasteiger partial charge in [0, 0.05) is 31.9 Å². The van der Waals surface area contributed by atoms with E-state index in [0.29, 0.717) is 18.3 Å². The van der Waals surface area contributed by atoms with E-state index in [0.717, 1.165) is 30.5 Å². The summed E-state index contributed by atoms with van der Waals surface area (Å²) in [5, 5.41) is 6.74. The Labute approximate surface area is 145 Å². The standard InChI is InChI=1S/C18H30N4O2/c1-5-24-16-9-8-15(11-17(16)23-4)21-18(19-2)20-12-14-7-6-10-22(3)13-14/h8-9,11,14H,5-7,10,12-13H2,1-4H3,(H2,19,20,21). The fraction of sp³-hybridized carbons (Fsp3) is 0.611. The van der Waals surface area contributed by atoms with Gasteiger partial charge in [-0.2, -0.15) is 0 Å². The van der Waals surface area contributed by atoms with Gasteiger partial charge >= 0.3 is 0 Å². The van der Waals surface area contributed by atoms with Crippen LogP contribution in [-0.4, -0.2) is 58.3 Å². The molecule has 1 atom stereocenters. The lowest BCUT2D eigenvalue weighted by atomic mass is 9.99. The average Bonchev–Trinajstić information content (AvgIpc) is 2.60. The van der Waals surface area contributed by atoms with Gasteiger partial charge in [-0.1, -0.05) is 0 Å². The molecule has 2 rings (SSSR count). The minimum Gasteiger partial charge on any atom is -0.493 e. The predicted molar refractivity (Wildman–Crippen MR) is 99.4 cm³/mol. The summed E-state index contributed by atoms with van der Waals surface area (Å²) in [6, 6.07) is 5.80. The van der Waals surface area contributed by atoms with E-state index in [2.05, 4.69) is 27.6 Å². The van der Waals surface area contributed by atoms with Crippen molar-refractivity contribution in [2.75, 3.05) is 52.8 Å². The lowest BCUT2D eigenvalue weighted by Gasteiger charge is -2.30. The quantitative estimate of drug-likeness (QED) is 0.618. The molecule has 1 heterocycles. The van der Waals surface area contributed by atoms with Gasteiger partial charge in [-0.3, -0.25) is 4.99 Å². The van der Waals surface area contributed by atoms with Crippen LogP contribution in [-0.2, 0) is 0 Å². The minimum atomic E-state index is 0.613. The summed E-state index contributed by atoms with van der Waals surface area (Å²) >= 11 is 0. The summed E-state index contributed by atoms with van der Waals surface area (Å²) < 4.78 is 10.9. The molecule has 6 heteroatoms. The number of ether oxygens (including phenoxy) is 2. The molecule has 0 aliphatic carbocycles. The van der Waals surface area contributed by atoms with Crippen LogP contribution in [0.15, 0.2) is 23.2 Å². The number of likely N-dealkylation sites (tertiary alicyclic amines) is 1. The van der Waals surface area contributed by atoms with Crippen LogP contribution in [0.5, 0.6) is 11.5 Å². The van der Waals surface area contributed by atoms with Crippen LogP contribution in [0.2, 0.25) is 0 Å². The number of aliphatic imine (C=N–C) groups is 1. The Morgan fingerprint density at radius 1 is 1.38 bits per heavy atom. The van der Waals surface area contributed by atoms with Crippen LogP contribution in [0.25, 0.3) is 0 Å². The first-order chi connectivity index (χ1) is 11.7. The lowest BCUT2D eigenvalue weighted by molar-refractivity contribution is 0.211. The number of anilines is 1. The first kappa shape index (κ1) is 18.4. The molecule has 0 saturated carbocycles. The summed E-state index contributed by atoms with van der Waals surface area (Å²) in [7, 11) is 5.62. The van der Waals surface area contributed by atoms with Crippen molar-refractivity contribution in [3.63, 3.8) is 0 Å². The van der Waals surface area contributed by atoms with E-state index in [4.69, 9.17) is 9.47 Å². The van der Waals surface area contributed by atoms with Crippen LogP contribution in [0.4, 0.5) is 5.69 Å². The zero-order chi connectivity index (χ0) is 17.4. The average molecular weight is 334 g/mol. The van der Waals surface area contributed by atoms with Gasteiger partial charge in [0.05, 0.1) is 13.7 Å². The second kappa shape index (κ2) is 9.37. The Balaban J connectivity index is 1.92. The summed E-state index contributed by atoms with van der Waals surface area (Å²) in [5.41, 5.74) is 0.921. The van der Waals surface area contributed by atoms with Crippen LogP contribution in [0.1, 0.15) is 19.8 Å². The molecule has 0 radical (unpaired) electrons. The van der Waals surface area contributed by atoms with Gasteiger partial charge in [-0.25, -0.2) is 0 Å². The molecule has 1 aliphatic heterocycles. The number of piperidine rings is 1. The van der Waals surface area contributed by atoms with E-state index in [9.17, 15) is 0 Å². The fourth-order valence-electron chi connectivity index (χ4n) is 3.02. The molecule has 0 amide bonds. The van der Waals surface area contributed by atoms with Gasteiger partial charge in [-0.15, -0.1) is 0 Å². The van der Waals surface area contributed by atoms with Gasteiger partial charge in [0.25, 0.3) is 0 Å². The second-order valence-electron chi connectivity index (χ2n) is 6.15. The van der Waals surface area contributed by atoms with Crippen molar-refractivity contribution >= 4 is 11.6 Å². The molecule has 1 aromatic carbocycles. The number of guanidine groups is 1. The zero-order valence-corrected chi connectivity index (χ0v) is 15.3. The summed E-state index contributed by atoms with van der Waals surface area (Å²) in [5.74, 6) is 2.90. The minimum absolute atomic E-state index is 0.613.